The minimum absolute atomic E-state index is 0.732. The van der Waals surface area contributed by atoms with E-state index in [2.05, 4.69) is 10.8 Å². The van der Waals surface area contributed by atoms with Crippen LogP contribution in [0.5, 0.6) is 0 Å². The van der Waals surface area contributed by atoms with Crippen LogP contribution in [0.3, 0.4) is 0 Å². The van der Waals surface area contributed by atoms with Gasteiger partial charge in [0.05, 0.1) is 4.90 Å². The SMILES string of the molecule is Cc1ccc(N)c(SNc2ccc(Cl)cc2)c1. The molecule has 2 nitrogen and oxygen atoms in total. The third kappa shape index (κ3) is 3.32. The molecule has 88 valence electrons. The molecule has 0 fully saturated rings. The summed E-state index contributed by atoms with van der Waals surface area (Å²) in [7, 11) is 0. The van der Waals surface area contributed by atoms with E-state index in [4.69, 9.17) is 17.3 Å². The number of rotatable bonds is 3. The first-order valence-corrected chi connectivity index (χ1v) is 6.39. The van der Waals surface area contributed by atoms with E-state index >= 15 is 0 Å². The van der Waals surface area contributed by atoms with E-state index < -0.39 is 0 Å². The highest BCUT2D eigenvalue weighted by molar-refractivity contribution is 8.00. The maximum atomic E-state index is 5.90. The van der Waals surface area contributed by atoms with E-state index in [0.717, 1.165) is 21.3 Å². The third-order valence-corrected chi connectivity index (χ3v) is 3.46. The molecule has 2 aromatic carbocycles. The second-order valence-electron chi connectivity index (χ2n) is 3.75. The maximum Gasteiger partial charge on any atom is 0.0516 e. The highest BCUT2D eigenvalue weighted by atomic mass is 35.5. The Kier molecular flexibility index (Phi) is 3.82. The van der Waals surface area contributed by atoms with E-state index in [0.29, 0.717) is 0 Å². The Morgan fingerprint density at radius 3 is 2.53 bits per heavy atom. The van der Waals surface area contributed by atoms with Crippen molar-refractivity contribution in [1.29, 1.82) is 0 Å². The number of benzene rings is 2. The summed E-state index contributed by atoms with van der Waals surface area (Å²) in [6, 6.07) is 13.5. The van der Waals surface area contributed by atoms with Crippen molar-refractivity contribution in [3.63, 3.8) is 0 Å². The fourth-order valence-corrected chi connectivity index (χ4v) is 2.28. The molecule has 3 N–H and O–H groups in total. The van der Waals surface area contributed by atoms with Crippen LogP contribution >= 0.6 is 23.5 Å². The Hall–Kier alpha value is -1.32. The van der Waals surface area contributed by atoms with Crippen molar-refractivity contribution in [3.8, 4) is 0 Å². The summed E-state index contributed by atoms with van der Waals surface area (Å²) >= 11 is 7.32. The first-order chi connectivity index (χ1) is 8.15. The molecule has 2 aromatic rings. The van der Waals surface area contributed by atoms with Gasteiger partial charge in [0.2, 0.25) is 0 Å². The summed E-state index contributed by atoms with van der Waals surface area (Å²) in [6.45, 7) is 2.05. The van der Waals surface area contributed by atoms with Crippen LogP contribution in [-0.4, -0.2) is 0 Å². The molecule has 0 aliphatic carbocycles. The molecule has 17 heavy (non-hydrogen) atoms. The molecular weight excluding hydrogens is 252 g/mol. The minimum atomic E-state index is 0.732. The van der Waals surface area contributed by atoms with Crippen LogP contribution in [0, 0.1) is 6.92 Å². The lowest BCUT2D eigenvalue weighted by Gasteiger charge is -2.08. The summed E-state index contributed by atoms with van der Waals surface area (Å²) in [4.78, 5) is 1.03. The first-order valence-electron chi connectivity index (χ1n) is 5.20. The van der Waals surface area contributed by atoms with Gasteiger partial charge in [0.25, 0.3) is 0 Å². The van der Waals surface area contributed by atoms with Crippen LogP contribution in [0.1, 0.15) is 5.56 Å². The molecule has 0 aromatic heterocycles. The van der Waals surface area contributed by atoms with E-state index in [1.54, 1.807) is 0 Å². The lowest BCUT2D eigenvalue weighted by atomic mass is 10.2. The summed E-state index contributed by atoms with van der Waals surface area (Å²) < 4.78 is 3.23. The molecule has 0 unspecified atom stereocenters. The van der Waals surface area contributed by atoms with Crippen molar-refractivity contribution < 1.29 is 0 Å². The largest absolute Gasteiger partial charge is 0.398 e. The van der Waals surface area contributed by atoms with Crippen molar-refractivity contribution >= 4 is 34.9 Å². The van der Waals surface area contributed by atoms with Crippen molar-refractivity contribution in [2.75, 3.05) is 10.5 Å². The van der Waals surface area contributed by atoms with Gasteiger partial charge in [0, 0.05) is 16.4 Å². The normalized spacial score (nSPS) is 10.2. The molecule has 0 atom stereocenters. The van der Waals surface area contributed by atoms with Crippen LogP contribution in [0.4, 0.5) is 11.4 Å². The molecule has 4 heteroatoms. The summed E-state index contributed by atoms with van der Waals surface area (Å²) in [5, 5.41) is 0.732. The number of nitrogens with one attached hydrogen (secondary N) is 1. The van der Waals surface area contributed by atoms with E-state index in [1.165, 1.54) is 17.5 Å². The zero-order valence-electron chi connectivity index (χ0n) is 9.41. The van der Waals surface area contributed by atoms with Gasteiger partial charge in [-0.1, -0.05) is 17.7 Å². The minimum Gasteiger partial charge on any atom is -0.398 e. The summed E-state index contributed by atoms with van der Waals surface area (Å²) in [5.41, 5.74) is 8.87. The Bertz CT molecular complexity index is 511. The molecule has 0 radical (unpaired) electrons. The lowest BCUT2D eigenvalue weighted by Crippen LogP contribution is -1.92. The van der Waals surface area contributed by atoms with Crippen LogP contribution in [-0.2, 0) is 0 Å². The number of hydrogen-bond donors (Lipinski definition) is 2. The Balaban J connectivity index is 2.07. The first kappa shape index (κ1) is 12.1. The second kappa shape index (κ2) is 5.34. The van der Waals surface area contributed by atoms with Crippen LogP contribution in [0.2, 0.25) is 5.02 Å². The smallest absolute Gasteiger partial charge is 0.0516 e. The van der Waals surface area contributed by atoms with Crippen molar-refractivity contribution in [2.24, 2.45) is 0 Å². The molecule has 2 rings (SSSR count). The summed E-state index contributed by atoms with van der Waals surface area (Å²) in [6.07, 6.45) is 0. The second-order valence-corrected chi connectivity index (χ2v) is 5.04. The van der Waals surface area contributed by atoms with Crippen LogP contribution in [0.25, 0.3) is 0 Å². The fraction of sp³-hybridized carbons (Fsp3) is 0.0769. The van der Waals surface area contributed by atoms with E-state index in [1.807, 2.05) is 43.3 Å². The zero-order valence-corrected chi connectivity index (χ0v) is 11.0. The zero-order chi connectivity index (χ0) is 12.3. The molecule has 0 bridgehead atoms. The number of hydrogen-bond acceptors (Lipinski definition) is 3. The molecule has 0 saturated heterocycles. The van der Waals surface area contributed by atoms with E-state index in [9.17, 15) is 0 Å². The average Bonchev–Trinajstić information content (AvgIpc) is 2.32. The predicted octanol–water partition coefficient (Wildman–Crippen LogP) is 4.35. The monoisotopic (exact) mass is 264 g/mol. The van der Waals surface area contributed by atoms with Crippen molar-refractivity contribution in [3.05, 3.63) is 53.1 Å². The standard InChI is InChI=1S/C13H13ClN2S/c1-9-2-7-12(15)13(8-9)17-16-11-5-3-10(14)4-6-11/h2-8,16H,15H2,1H3. The molecule has 0 heterocycles. The molecule has 0 spiro atoms. The van der Waals surface area contributed by atoms with Gasteiger partial charge in [0.15, 0.2) is 0 Å². The van der Waals surface area contributed by atoms with Gasteiger partial charge in [-0.3, -0.25) is 0 Å². The maximum absolute atomic E-state index is 5.90. The molecule has 0 saturated carbocycles. The topological polar surface area (TPSA) is 38.0 Å². The van der Waals surface area contributed by atoms with E-state index in [-0.39, 0.29) is 0 Å². The number of anilines is 2. The number of halogens is 1. The van der Waals surface area contributed by atoms with Crippen molar-refractivity contribution in [1.82, 2.24) is 0 Å². The molecule has 0 aliphatic rings. The van der Waals surface area contributed by atoms with Crippen LogP contribution in [0.15, 0.2) is 47.4 Å². The Morgan fingerprint density at radius 1 is 1.12 bits per heavy atom. The Labute approximate surface area is 110 Å². The lowest BCUT2D eigenvalue weighted by molar-refractivity contribution is 1.37. The van der Waals surface area contributed by atoms with Gasteiger partial charge in [-0.05, 0) is 60.8 Å². The molecule has 0 aliphatic heterocycles. The highest BCUT2D eigenvalue weighted by Crippen LogP contribution is 2.27. The quantitative estimate of drug-likeness (QED) is 0.639. The van der Waals surface area contributed by atoms with Gasteiger partial charge < -0.3 is 10.5 Å². The number of nitrogen functional groups attached to an aromatic ring is 1. The van der Waals surface area contributed by atoms with Gasteiger partial charge in [-0.2, -0.15) is 0 Å². The number of aryl methyl sites for hydroxylation is 1. The van der Waals surface area contributed by atoms with Crippen LogP contribution < -0.4 is 10.5 Å². The predicted molar refractivity (Wildman–Crippen MR) is 76.5 cm³/mol. The Morgan fingerprint density at radius 2 is 1.82 bits per heavy atom. The fourth-order valence-electron chi connectivity index (χ4n) is 1.36. The van der Waals surface area contributed by atoms with Crippen molar-refractivity contribution in [2.45, 2.75) is 11.8 Å². The molecule has 0 amide bonds. The average molecular weight is 265 g/mol. The van der Waals surface area contributed by atoms with Gasteiger partial charge in [-0.25, -0.2) is 0 Å². The van der Waals surface area contributed by atoms with Gasteiger partial charge in [0.1, 0.15) is 0 Å². The molecular formula is C13H13ClN2S. The third-order valence-electron chi connectivity index (χ3n) is 2.29. The van der Waals surface area contributed by atoms with Gasteiger partial charge in [-0.15, -0.1) is 0 Å². The summed E-state index contributed by atoms with van der Waals surface area (Å²) in [5.74, 6) is 0. The van der Waals surface area contributed by atoms with Gasteiger partial charge >= 0.3 is 0 Å². The number of nitrogens with two attached hydrogens (primary N) is 1. The highest BCUT2D eigenvalue weighted by Gasteiger charge is 2.00.